The van der Waals surface area contributed by atoms with Crippen molar-refractivity contribution >= 4 is 0 Å². The molecule has 2 atom stereocenters. The van der Waals surface area contributed by atoms with Crippen LogP contribution in [0.15, 0.2) is 42.5 Å². The summed E-state index contributed by atoms with van der Waals surface area (Å²) in [5.74, 6) is 2.14. The minimum atomic E-state index is -0.530. The second-order valence-corrected chi connectivity index (χ2v) is 5.04. The van der Waals surface area contributed by atoms with E-state index in [4.69, 9.17) is 14.2 Å². The molecule has 1 aliphatic rings. The number of rotatable bonds is 3. The zero-order valence-electron chi connectivity index (χ0n) is 12.1. The van der Waals surface area contributed by atoms with Gasteiger partial charge in [0.15, 0.2) is 0 Å². The molecule has 110 valence electrons. The Labute approximate surface area is 123 Å². The summed E-state index contributed by atoms with van der Waals surface area (Å²) in [6.45, 7) is 0. The first-order valence-electron chi connectivity index (χ1n) is 6.88. The van der Waals surface area contributed by atoms with Crippen molar-refractivity contribution in [2.45, 2.75) is 18.6 Å². The lowest BCUT2D eigenvalue weighted by molar-refractivity contribution is 0.0655. The van der Waals surface area contributed by atoms with Gasteiger partial charge in [-0.05, 0) is 23.8 Å². The van der Waals surface area contributed by atoms with Crippen molar-refractivity contribution in [2.75, 3.05) is 14.2 Å². The summed E-state index contributed by atoms with van der Waals surface area (Å²) in [4.78, 5) is 0. The van der Waals surface area contributed by atoms with E-state index in [1.807, 2.05) is 42.5 Å². The number of benzene rings is 2. The Kier molecular flexibility index (Phi) is 3.71. The molecule has 0 fully saturated rings. The van der Waals surface area contributed by atoms with E-state index in [-0.39, 0.29) is 6.10 Å². The lowest BCUT2D eigenvalue weighted by atomic mass is 9.95. The van der Waals surface area contributed by atoms with Gasteiger partial charge in [-0.2, -0.15) is 0 Å². The molecular weight excluding hydrogens is 268 g/mol. The second kappa shape index (κ2) is 5.66. The molecule has 0 radical (unpaired) electrons. The van der Waals surface area contributed by atoms with Crippen molar-refractivity contribution in [3.05, 3.63) is 53.6 Å². The Balaban J connectivity index is 1.95. The molecule has 0 amide bonds. The van der Waals surface area contributed by atoms with Gasteiger partial charge in [0.05, 0.1) is 20.3 Å². The van der Waals surface area contributed by atoms with Crippen LogP contribution in [0.3, 0.4) is 0 Å². The van der Waals surface area contributed by atoms with Crippen molar-refractivity contribution in [1.82, 2.24) is 0 Å². The van der Waals surface area contributed by atoms with Crippen LogP contribution in [-0.2, 0) is 0 Å². The van der Waals surface area contributed by atoms with Gasteiger partial charge in [0.25, 0.3) is 0 Å². The zero-order valence-corrected chi connectivity index (χ0v) is 12.1. The Morgan fingerprint density at radius 1 is 1.05 bits per heavy atom. The molecule has 0 saturated carbocycles. The van der Waals surface area contributed by atoms with Crippen molar-refractivity contribution in [2.24, 2.45) is 0 Å². The third-order valence-corrected chi connectivity index (χ3v) is 3.73. The fraction of sp³-hybridized carbons (Fsp3) is 0.294. The maximum atomic E-state index is 10.3. The van der Waals surface area contributed by atoms with Crippen molar-refractivity contribution in [3.63, 3.8) is 0 Å². The number of ether oxygens (including phenoxy) is 3. The van der Waals surface area contributed by atoms with Crippen LogP contribution < -0.4 is 14.2 Å². The summed E-state index contributed by atoms with van der Waals surface area (Å²) in [6.07, 6.45) is -0.246. The third kappa shape index (κ3) is 2.67. The molecule has 1 aliphatic heterocycles. The lowest BCUT2D eigenvalue weighted by Crippen LogP contribution is -2.19. The van der Waals surface area contributed by atoms with E-state index >= 15 is 0 Å². The number of aliphatic hydroxyl groups excluding tert-OH is 1. The number of hydrogen-bond acceptors (Lipinski definition) is 4. The van der Waals surface area contributed by atoms with Crippen LogP contribution in [0.25, 0.3) is 0 Å². The largest absolute Gasteiger partial charge is 0.497 e. The van der Waals surface area contributed by atoms with E-state index in [9.17, 15) is 5.11 Å². The predicted octanol–water partition coefficient (Wildman–Crippen LogP) is 3.26. The smallest absolute Gasteiger partial charge is 0.127 e. The van der Waals surface area contributed by atoms with Gasteiger partial charge in [-0.1, -0.05) is 18.2 Å². The van der Waals surface area contributed by atoms with Crippen LogP contribution in [0.5, 0.6) is 17.2 Å². The maximum absolute atomic E-state index is 10.3. The Morgan fingerprint density at radius 3 is 2.38 bits per heavy atom. The first kappa shape index (κ1) is 13.8. The van der Waals surface area contributed by atoms with Gasteiger partial charge in [0.1, 0.15) is 23.4 Å². The van der Waals surface area contributed by atoms with Gasteiger partial charge in [-0.15, -0.1) is 0 Å². The molecule has 1 unspecified atom stereocenters. The SMILES string of the molecule is COc1cc(OC)cc(C2C[C@@H](O)c3ccccc3O2)c1. The van der Waals surface area contributed by atoms with Crippen molar-refractivity contribution in [3.8, 4) is 17.2 Å². The highest BCUT2D eigenvalue weighted by Crippen LogP contribution is 2.41. The average molecular weight is 286 g/mol. The minimum absolute atomic E-state index is 0.223. The molecule has 1 N–H and O–H groups in total. The van der Waals surface area contributed by atoms with Gasteiger partial charge in [0, 0.05) is 18.1 Å². The highest BCUT2D eigenvalue weighted by Gasteiger charge is 2.28. The number of fused-ring (bicyclic) bond motifs is 1. The van der Waals surface area contributed by atoms with E-state index in [0.717, 1.165) is 16.9 Å². The van der Waals surface area contributed by atoms with Gasteiger partial charge >= 0.3 is 0 Å². The van der Waals surface area contributed by atoms with E-state index in [2.05, 4.69) is 0 Å². The molecule has 21 heavy (non-hydrogen) atoms. The Morgan fingerprint density at radius 2 is 1.71 bits per heavy atom. The summed E-state index contributed by atoms with van der Waals surface area (Å²) in [7, 11) is 3.23. The molecule has 3 rings (SSSR count). The zero-order chi connectivity index (χ0) is 14.8. The van der Waals surface area contributed by atoms with E-state index in [0.29, 0.717) is 17.9 Å². The summed E-state index contributed by atoms with van der Waals surface area (Å²) in [6, 6.07) is 13.2. The Bertz CT molecular complexity index is 616. The van der Waals surface area contributed by atoms with Crippen LogP contribution >= 0.6 is 0 Å². The normalized spacial score (nSPS) is 20.3. The number of aliphatic hydroxyl groups is 1. The average Bonchev–Trinajstić information content (AvgIpc) is 2.54. The molecule has 4 nitrogen and oxygen atoms in total. The second-order valence-electron chi connectivity index (χ2n) is 5.04. The number of hydrogen-bond donors (Lipinski definition) is 1. The van der Waals surface area contributed by atoms with E-state index in [1.54, 1.807) is 14.2 Å². The summed E-state index contributed by atoms with van der Waals surface area (Å²) >= 11 is 0. The van der Waals surface area contributed by atoms with Crippen LogP contribution in [0, 0.1) is 0 Å². The van der Waals surface area contributed by atoms with Crippen molar-refractivity contribution < 1.29 is 19.3 Å². The van der Waals surface area contributed by atoms with Crippen LogP contribution in [-0.4, -0.2) is 19.3 Å². The first-order valence-corrected chi connectivity index (χ1v) is 6.88. The molecular formula is C17H18O4. The number of para-hydroxylation sites is 1. The highest BCUT2D eigenvalue weighted by atomic mass is 16.5. The monoisotopic (exact) mass is 286 g/mol. The van der Waals surface area contributed by atoms with Gasteiger partial charge in [0.2, 0.25) is 0 Å². The van der Waals surface area contributed by atoms with Crippen LogP contribution in [0.4, 0.5) is 0 Å². The first-order chi connectivity index (χ1) is 10.2. The highest BCUT2D eigenvalue weighted by molar-refractivity contribution is 5.42. The fourth-order valence-corrected chi connectivity index (χ4v) is 2.61. The standard InChI is InChI=1S/C17H18O4/c1-19-12-7-11(8-13(9-12)20-2)17-10-15(18)14-5-3-4-6-16(14)21-17/h3-9,15,17-18H,10H2,1-2H3/t15-,17?/m1/s1. The summed E-state index contributed by atoms with van der Waals surface area (Å²) in [5, 5.41) is 10.3. The molecule has 0 spiro atoms. The van der Waals surface area contributed by atoms with E-state index in [1.165, 1.54) is 0 Å². The molecule has 2 aromatic carbocycles. The van der Waals surface area contributed by atoms with Gasteiger partial charge in [-0.3, -0.25) is 0 Å². The van der Waals surface area contributed by atoms with Crippen LogP contribution in [0.2, 0.25) is 0 Å². The molecule has 2 aromatic rings. The fourth-order valence-electron chi connectivity index (χ4n) is 2.61. The third-order valence-electron chi connectivity index (χ3n) is 3.73. The topological polar surface area (TPSA) is 47.9 Å². The van der Waals surface area contributed by atoms with E-state index < -0.39 is 6.10 Å². The molecule has 0 aliphatic carbocycles. The molecule has 0 aromatic heterocycles. The minimum Gasteiger partial charge on any atom is -0.497 e. The van der Waals surface area contributed by atoms with Crippen LogP contribution in [0.1, 0.15) is 29.8 Å². The van der Waals surface area contributed by atoms with Gasteiger partial charge in [-0.25, -0.2) is 0 Å². The summed E-state index contributed by atoms with van der Waals surface area (Å²) < 4.78 is 16.6. The summed E-state index contributed by atoms with van der Waals surface area (Å²) in [5.41, 5.74) is 1.77. The molecule has 0 saturated heterocycles. The maximum Gasteiger partial charge on any atom is 0.127 e. The van der Waals surface area contributed by atoms with Crippen molar-refractivity contribution in [1.29, 1.82) is 0 Å². The molecule has 4 heteroatoms. The number of methoxy groups -OCH3 is 2. The quantitative estimate of drug-likeness (QED) is 0.941. The van der Waals surface area contributed by atoms with Gasteiger partial charge < -0.3 is 19.3 Å². The molecule has 0 bridgehead atoms. The Hall–Kier alpha value is -2.20. The predicted molar refractivity (Wildman–Crippen MR) is 78.9 cm³/mol. The lowest BCUT2D eigenvalue weighted by Gasteiger charge is -2.30. The molecule has 1 heterocycles.